The minimum Gasteiger partial charge on any atom is -0.497 e. The maximum absolute atomic E-state index is 12.9. The zero-order valence-electron chi connectivity index (χ0n) is 15.8. The van der Waals surface area contributed by atoms with Crippen LogP contribution in [0.4, 0.5) is 5.82 Å². The monoisotopic (exact) mass is 388 g/mol. The van der Waals surface area contributed by atoms with Gasteiger partial charge in [-0.05, 0) is 38.0 Å². The molecule has 0 bridgehead atoms. The first-order valence-electron chi connectivity index (χ1n) is 8.77. The van der Waals surface area contributed by atoms with E-state index in [0.717, 1.165) is 42.1 Å². The highest BCUT2D eigenvalue weighted by Crippen LogP contribution is 2.39. The molecule has 2 aromatic rings. The van der Waals surface area contributed by atoms with E-state index < -0.39 is 0 Å². The molecule has 0 spiro atoms. The zero-order valence-corrected chi connectivity index (χ0v) is 16.6. The van der Waals surface area contributed by atoms with Crippen LogP contribution in [-0.2, 0) is 4.79 Å². The van der Waals surface area contributed by atoms with Crippen molar-refractivity contribution in [2.24, 2.45) is 0 Å². The van der Waals surface area contributed by atoms with Crippen molar-refractivity contribution in [3.8, 4) is 11.5 Å². The molecule has 1 aromatic carbocycles. The Labute approximate surface area is 163 Å². The number of carbonyl (C=O) groups excluding carboxylic acids is 1. The Hall–Kier alpha value is -2.48. The Morgan fingerprint density at radius 1 is 1.30 bits per heavy atom. The number of nitrogens with zero attached hydrogens (tertiary/aromatic N) is 3. The van der Waals surface area contributed by atoms with Gasteiger partial charge in [-0.2, -0.15) is 0 Å². The minimum absolute atomic E-state index is 0.0216. The summed E-state index contributed by atoms with van der Waals surface area (Å²) in [5.41, 5.74) is 7.52. The summed E-state index contributed by atoms with van der Waals surface area (Å²) >= 11 is 1.31. The van der Waals surface area contributed by atoms with Crippen LogP contribution in [-0.4, -0.2) is 47.3 Å². The van der Waals surface area contributed by atoms with E-state index in [4.69, 9.17) is 15.2 Å². The summed E-state index contributed by atoms with van der Waals surface area (Å²) in [5, 5.41) is 0.524. The molecular weight excluding hydrogens is 364 g/mol. The quantitative estimate of drug-likeness (QED) is 0.601. The van der Waals surface area contributed by atoms with Gasteiger partial charge in [-0.3, -0.25) is 4.79 Å². The Bertz CT molecular complexity index is 810. The highest BCUT2D eigenvalue weighted by atomic mass is 32.2. The van der Waals surface area contributed by atoms with Crippen molar-refractivity contribution in [3.05, 3.63) is 35.5 Å². The van der Waals surface area contributed by atoms with E-state index in [1.807, 2.05) is 30.0 Å². The second kappa shape index (κ2) is 8.47. The Balaban J connectivity index is 1.75. The molecule has 0 aliphatic carbocycles. The first-order valence-corrected chi connectivity index (χ1v) is 9.75. The SMILES string of the molecule is COc1ccc(OC)c(C2CCCN2C(=O)CSc2nc(C)cc(N)n2)c1. The van der Waals surface area contributed by atoms with Crippen molar-refractivity contribution in [2.45, 2.75) is 31.0 Å². The second-order valence-electron chi connectivity index (χ2n) is 6.36. The molecule has 1 atom stereocenters. The van der Waals surface area contributed by atoms with Crippen LogP contribution in [0.3, 0.4) is 0 Å². The van der Waals surface area contributed by atoms with Crippen LogP contribution < -0.4 is 15.2 Å². The molecule has 1 amide bonds. The van der Waals surface area contributed by atoms with Gasteiger partial charge in [0.15, 0.2) is 5.16 Å². The Kier molecular flexibility index (Phi) is 6.05. The number of nitrogens with two attached hydrogens (primary N) is 1. The zero-order chi connectivity index (χ0) is 19.4. The molecule has 144 valence electrons. The number of hydrogen-bond donors (Lipinski definition) is 1. The Morgan fingerprint density at radius 3 is 2.81 bits per heavy atom. The van der Waals surface area contributed by atoms with Gasteiger partial charge in [0.05, 0.1) is 26.0 Å². The molecule has 3 rings (SSSR count). The third kappa shape index (κ3) is 4.44. The molecule has 0 radical (unpaired) electrons. The summed E-state index contributed by atoms with van der Waals surface area (Å²) in [6.45, 7) is 2.58. The lowest BCUT2D eigenvalue weighted by molar-refractivity contribution is -0.129. The first-order chi connectivity index (χ1) is 13.0. The summed E-state index contributed by atoms with van der Waals surface area (Å²) in [6.07, 6.45) is 1.85. The van der Waals surface area contributed by atoms with Gasteiger partial charge in [0.1, 0.15) is 17.3 Å². The summed E-state index contributed by atoms with van der Waals surface area (Å²) < 4.78 is 10.9. The molecule has 8 heteroatoms. The lowest BCUT2D eigenvalue weighted by atomic mass is 10.0. The molecule has 1 aromatic heterocycles. The van der Waals surface area contributed by atoms with E-state index in [9.17, 15) is 4.79 Å². The number of hydrogen-bond acceptors (Lipinski definition) is 7. The Morgan fingerprint density at radius 2 is 2.11 bits per heavy atom. The van der Waals surface area contributed by atoms with Gasteiger partial charge in [-0.1, -0.05) is 11.8 Å². The van der Waals surface area contributed by atoms with Crippen molar-refractivity contribution in [2.75, 3.05) is 32.3 Å². The van der Waals surface area contributed by atoms with Crippen molar-refractivity contribution in [1.82, 2.24) is 14.9 Å². The molecule has 1 aliphatic heterocycles. The fourth-order valence-corrected chi connectivity index (χ4v) is 4.12. The molecular formula is C19H24N4O3S. The van der Waals surface area contributed by atoms with Crippen molar-refractivity contribution >= 4 is 23.5 Å². The van der Waals surface area contributed by atoms with E-state index in [-0.39, 0.29) is 17.7 Å². The third-order valence-corrected chi connectivity index (χ3v) is 5.38. The fraction of sp³-hybridized carbons (Fsp3) is 0.421. The number of aromatic nitrogens is 2. The first kappa shape index (κ1) is 19.3. The van der Waals surface area contributed by atoms with Gasteiger partial charge in [-0.25, -0.2) is 9.97 Å². The lowest BCUT2D eigenvalue weighted by Crippen LogP contribution is -2.32. The van der Waals surface area contributed by atoms with Gasteiger partial charge in [0, 0.05) is 23.9 Å². The molecule has 2 N–H and O–H groups in total. The van der Waals surface area contributed by atoms with Crippen molar-refractivity contribution in [3.63, 3.8) is 0 Å². The lowest BCUT2D eigenvalue weighted by Gasteiger charge is -2.26. The molecule has 27 heavy (non-hydrogen) atoms. The average Bonchev–Trinajstić information content (AvgIpc) is 3.14. The van der Waals surface area contributed by atoms with Crippen LogP contribution in [0.2, 0.25) is 0 Å². The molecule has 0 saturated carbocycles. The maximum atomic E-state index is 12.9. The van der Waals surface area contributed by atoms with E-state index in [0.29, 0.717) is 11.0 Å². The van der Waals surface area contributed by atoms with Crippen LogP contribution in [0, 0.1) is 6.92 Å². The number of anilines is 1. The normalized spacial score (nSPS) is 16.4. The summed E-state index contributed by atoms with van der Waals surface area (Å²) in [5.74, 6) is 2.26. The van der Waals surface area contributed by atoms with Crippen LogP contribution in [0.5, 0.6) is 11.5 Å². The fourth-order valence-electron chi connectivity index (χ4n) is 3.33. The topological polar surface area (TPSA) is 90.6 Å². The summed E-state index contributed by atoms with van der Waals surface area (Å²) in [6, 6.07) is 7.38. The number of amides is 1. The van der Waals surface area contributed by atoms with E-state index in [1.54, 1.807) is 20.3 Å². The van der Waals surface area contributed by atoms with Crippen LogP contribution in [0.15, 0.2) is 29.4 Å². The number of thioether (sulfide) groups is 1. The number of benzene rings is 1. The van der Waals surface area contributed by atoms with Crippen LogP contribution in [0.1, 0.15) is 30.1 Å². The predicted octanol–water partition coefficient (Wildman–Crippen LogP) is 2.84. The molecule has 1 aliphatic rings. The number of likely N-dealkylation sites (tertiary alicyclic amines) is 1. The molecule has 1 fully saturated rings. The van der Waals surface area contributed by atoms with Gasteiger partial charge < -0.3 is 20.1 Å². The average molecular weight is 388 g/mol. The molecule has 7 nitrogen and oxygen atoms in total. The van der Waals surface area contributed by atoms with E-state index >= 15 is 0 Å². The molecule has 2 heterocycles. The second-order valence-corrected chi connectivity index (χ2v) is 7.30. The maximum Gasteiger partial charge on any atom is 0.233 e. The van der Waals surface area contributed by atoms with Crippen LogP contribution >= 0.6 is 11.8 Å². The predicted molar refractivity (Wildman–Crippen MR) is 105 cm³/mol. The highest BCUT2D eigenvalue weighted by Gasteiger charge is 2.32. The summed E-state index contributed by atoms with van der Waals surface area (Å²) in [4.78, 5) is 23.3. The smallest absolute Gasteiger partial charge is 0.233 e. The number of methoxy groups -OCH3 is 2. The van der Waals surface area contributed by atoms with Gasteiger partial charge in [0.25, 0.3) is 0 Å². The standard InChI is InChI=1S/C19H24N4O3S/c1-12-9-17(20)22-19(21-12)27-11-18(24)23-8-4-5-15(23)14-10-13(25-2)6-7-16(14)26-3/h6-7,9-10,15H,4-5,8,11H2,1-3H3,(H2,20,21,22). The number of ether oxygens (including phenoxy) is 2. The number of nitrogen functional groups attached to an aromatic ring is 1. The highest BCUT2D eigenvalue weighted by molar-refractivity contribution is 7.99. The van der Waals surface area contributed by atoms with Crippen molar-refractivity contribution in [1.29, 1.82) is 0 Å². The largest absolute Gasteiger partial charge is 0.497 e. The van der Waals surface area contributed by atoms with E-state index in [1.165, 1.54) is 11.8 Å². The van der Waals surface area contributed by atoms with Crippen LogP contribution in [0.25, 0.3) is 0 Å². The summed E-state index contributed by atoms with van der Waals surface area (Å²) in [7, 11) is 3.27. The van der Waals surface area contributed by atoms with Gasteiger partial charge in [0.2, 0.25) is 5.91 Å². The number of carbonyl (C=O) groups is 1. The molecule has 1 unspecified atom stereocenters. The number of rotatable bonds is 6. The third-order valence-electron chi connectivity index (χ3n) is 4.55. The van der Waals surface area contributed by atoms with Crippen molar-refractivity contribution < 1.29 is 14.3 Å². The van der Waals surface area contributed by atoms with E-state index in [2.05, 4.69) is 9.97 Å². The van der Waals surface area contributed by atoms with Gasteiger partial charge >= 0.3 is 0 Å². The number of aryl methyl sites for hydroxylation is 1. The molecule has 1 saturated heterocycles. The van der Waals surface area contributed by atoms with Gasteiger partial charge in [-0.15, -0.1) is 0 Å². The minimum atomic E-state index is -0.0216.